The second-order valence-corrected chi connectivity index (χ2v) is 9.28. The van der Waals surface area contributed by atoms with Crippen molar-refractivity contribution in [3.05, 3.63) is 51.7 Å². The summed E-state index contributed by atoms with van der Waals surface area (Å²) < 4.78 is 18.4. The Bertz CT molecular complexity index is 902. The van der Waals surface area contributed by atoms with E-state index in [1.807, 2.05) is 0 Å². The summed E-state index contributed by atoms with van der Waals surface area (Å²) in [6.45, 7) is 8.84. The first-order chi connectivity index (χ1) is 13.8. The molecule has 6 heteroatoms. The van der Waals surface area contributed by atoms with Gasteiger partial charge in [0, 0.05) is 10.4 Å². The van der Waals surface area contributed by atoms with Gasteiger partial charge in [0.2, 0.25) is 0 Å². The van der Waals surface area contributed by atoms with Crippen LogP contribution in [0.1, 0.15) is 71.7 Å². The fourth-order valence-electron chi connectivity index (χ4n) is 3.83. The standard InChI is InChI=1S/C23H28FNO3S/c1-5-23(3,4)15-9-12-17-18(13-15)29-21(19(17)22(27)28-6-2)25-20(26)14-7-10-16(24)11-8-14/h7-8,10-11,15H,5-6,9,12-13H2,1-4H3,(H,25,26)/t15-/m0/s1. The van der Waals surface area contributed by atoms with E-state index in [1.165, 1.54) is 35.6 Å². The molecule has 0 aliphatic heterocycles. The van der Waals surface area contributed by atoms with E-state index in [-0.39, 0.29) is 17.9 Å². The van der Waals surface area contributed by atoms with Gasteiger partial charge in [0.1, 0.15) is 10.8 Å². The summed E-state index contributed by atoms with van der Waals surface area (Å²) in [5, 5.41) is 3.39. The number of carbonyl (C=O) groups is 2. The number of halogens is 1. The van der Waals surface area contributed by atoms with Crippen molar-refractivity contribution in [2.24, 2.45) is 11.3 Å². The van der Waals surface area contributed by atoms with Gasteiger partial charge in [-0.2, -0.15) is 0 Å². The summed E-state index contributed by atoms with van der Waals surface area (Å²) in [5.74, 6) is -0.619. The highest BCUT2D eigenvalue weighted by Gasteiger charge is 2.35. The summed E-state index contributed by atoms with van der Waals surface area (Å²) in [5.41, 5.74) is 2.06. The van der Waals surface area contributed by atoms with E-state index in [9.17, 15) is 14.0 Å². The van der Waals surface area contributed by atoms with Crippen LogP contribution in [0, 0.1) is 17.2 Å². The quantitative estimate of drug-likeness (QED) is 0.599. The minimum atomic E-state index is -0.398. The van der Waals surface area contributed by atoms with Gasteiger partial charge in [-0.05, 0) is 67.3 Å². The Morgan fingerprint density at radius 3 is 2.55 bits per heavy atom. The summed E-state index contributed by atoms with van der Waals surface area (Å²) in [6, 6.07) is 5.36. The number of hydrogen-bond donors (Lipinski definition) is 1. The molecule has 0 saturated heterocycles. The summed E-state index contributed by atoms with van der Waals surface area (Å²) in [6.07, 6.45) is 3.82. The smallest absolute Gasteiger partial charge is 0.341 e. The number of amides is 1. The Labute approximate surface area is 175 Å². The van der Waals surface area contributed by atoms with Gasteiger partial charge in [0.05, 0.1) is 12.2 Å². The normalized spacial score (nSPS) is 16.2. The average molecular weight is 418 g/mol. The predicted octanol–water partition coefficient (Wildman–Crippen LogP) is 5.86. The molecule has 1 N–H and O–H groups in total. The molecular weight excluding hydrogens is 389 g/mol. The zero-order valence-electron chi connectivity index (χ0n) is 17.4. The van der Waals surface area contributed by atoms with E-state index in [4.69, 9.17) is 4.74 Å². The lowest BCUT2D eigenvalue weighted by Crippen LogP contribution is -2.28. The van der Waals surface area contributed by atoms with E-state index in [0.717, 1.165) is 36.1 Å². The maximum absolute atomic E-state index is 13.2. The number of esters is 1. The number of rotatable bonds is 6. The largest absolute Gasteiger partial charge is 0.462 e. The SMILES string of the molecule is CCOC(=O)c1c(NC(=O)c2ccc(F)cc2)sc2c1CC[C@H](C(C)(C)CC)C2. The fourth-order valence-corrected chi connectivity index (χ4v) is 5.14. The van der Waals surface area contributed by atoms with Crippen LogP contribution in [0.3, 0.4) is 0 Å². The minimum absolute atomic E-state index is 0.225. The Balaban J connectivity index is 1.93. The third-order valence-corrected chi connectivity index (χ3v) is 7.26. The van der Waals surface area contributed by atoms with Crippen LogP contribution < -0.4 is 5.32 Å². The van der Waals surface area contributed by atoms with Crippen LogP contribution in [0.15, 0.2) is 24.3 Å². The van der Waals surface area contributed by atoms with Crippen molar-refractivity contribution in [1.29, 1.82) is 0 Å². The van der Waals surface area contributed by atoms with E-state index < -0.39 is 11.8 Å². The molecule has 0 bridgehead atoms. The van der Waals surface area contributed by atoms with Crippen molar-refractivity contribution in [3.8, 4) is 0 Å². The van der Waals surface area contributed by atoms with Gasteiger partial charge >= 0.3 is 5.97 Å². The molecular formula is C23H28FNO3S. The third kappa shape index (κ3) is 4.53. The van der Waals surface area contributed by atoms with Crippen LogP contribution in [-0.4, -0.2) is 18.5 Å². The van der Waals surface area contributed by atoms with E-state index in [1.54, 1.807) is 6.92 Å². The van der Waals surface area contributed by atoms with Crippen LogP contribution in [-0.2, 0) is 17.6 Å². The number of hydrogen-bond acceptors (Lipinski definition) is 4. The number of carbonyl (C=O) groups excluding carboxylic acids is 2. The van der Waals surface area contributed by atoms with Crippen molar-refractivity contribution in [2.45, 2.75) is 53.4 Å². The van der Waals surface area contributed by atoms with Gasteiger partial charge in [-0.25, -0.2) is 9.18 Å². The van der Waals surface area contributed by atoms with Crippen LogP contribution >= 0.6 is 11.3 Å². The van der Waals surface area contributed by atoms with Gasteiger partial charge in [-0.15, -0.1) is 11.3 Å². The number of anilines is 1. The molecule has 29 heavy (non-hydrogen) atoms. The van der Waals surface area contributed by atoms with Crippen LogP contribution in [0.5, 0.6) is 0 Å². The molecule has 0 fully saturated rings. The highest BCUT2D eigenvalue weighted by atomic mass is 32.1. The molecule has 3 rings (SSSR count). The monoisotopic (exact) mass is 417 g/mol. The maximum atomic E-state index is 13.2. The van der Waals surface area contributed by atoms with E-state index in [0.29, 0.717) is 22.0 Å². The lowest BCUT2D eigenvalue weighted by molar-refractivity contribution is 0.0526. The van der Waals surface area contributed by atoms with Crippen molar-refractivity contribution >= 4 is 28.2 Å². The van der Waals surface area contributed by atoms with Crippen molar-refractivity contribution in [2.75, 3.05) is 11.9 Å². The Morgan fingerprint density at radius 2 is 1.93 bits per heavy atom. The van der Waals surface area contributed by atoms with Crippen molar-refractivity contribution in [1.82, 2.24) is 0 Å². The summed E-state index contributed by atoms with van der Waals surface area (Å²) in [7, 11) is 0. The highest BCUT2D eigenvalue weighted by molar-refractivity contribution is 7.17. The van der Waals surface area contributed by atoms with Gasteiger partial charge in [-0.1, -0.05) is 27.2 Å². The Kier molecular flexibility index (Phi) is 6.42. The molecule has 0 radical (unpaired) electrons. The maximum Gasteiger partial charge on any atom is 0.341 e. The molecule has 1 aliphatic rings. The first-order valence-electron chi connectivity index (χ1n) is 10.1. The van der Waals surface area contributed by atoms with Crippen molar-refractivity contribution < 1.29 is 18.7 Å². The van der Waals surface area contributed by atoms with Crippen LogP contribution in [0.4, 0.5) is 9.39 Å². The van der Waals surface area contributed by atoms with Crippen LogP contribution in [0.2, 0.25) is 0 Å². The number of ether oxygens (including phenoxy) is 1. The molecule has 0 saturated carbocycles. The Hall–Kier alpha value is -2.21. The second kappa shape index (κ2) is 8.66. The highest BCUT2D eigenvalue weighted by Crippen LogP contribution is 2.45. The second-order valence-electron chi connectivity index (χ2n) is 8.17. The van der Waals surface area contributed by atoms with Gasteiger partial charge in [0.25, 0.3) is 5.91 Å². The molecule has 156 valence electrons. The molecule has 1 atom stereocenters. The Morgan fingerprint density at radius 1 is 1.24 bits per heavy atom. The molecule has 1 aromatic carbocycles. The minimum Gasteiger partial charge on any atom is -0.462 e. The number of benzene rings is 1. The molecule has 1 aromatic heterocycles. The zero-order chi connectivity index (χ0) is 21.2. The average Bonchev–Trinajstić information content (AvgIpc) is 3.05. The summed E-state index contributed by atoms with van der Waals surface area (Å²) >= 11 is 1.47. The number of fused-ring (bicyclic) bond motifs is 1. The van der Waals surface area contributed by atoms with Gasteiger partial charge in [0.15, 0.2) is 0 Å². The molecule has 0 spiro atoms. The molecule has 4 nitrogen and oxygen atoms in total. The fraction of sp³-hybridized carbons (Fsp3) is 0.478. The predicted molar refractivity (Wildman–Crippen MR) is 114 cm³/mol. The number of nitrogens with one attached hydrogen (secondary N) is 1. The molecule has 1 aliphatic carbocycles. The lowest BCUT2D eigenvalue weighted by atomic mass is 9.69. The number of thiophene rings is 1. The summed E-state index contributed by atoms with van der Waals surface area (Å²) in [4.78, 5) is 26.5. The first-order valence-corrected chi connectivity index (χ1v) is 11.0. The third-order valence-electron chi connectivity index (χ3n) is 6.09. The molecule has 2 aromatic rings. The molecule has 1 heterocycles. The van der Waals surface area contributed by atoms with Crippen molar-refractivity contribution in [3.63, 3.8) is 0 Å². The van der Waals surface area contributed by atoms with Crippen LogP contribution in [0.25, 0.3) is 0 Å². The molecule has 0 unspecified atom stereocenters. The van der Waals surface area contributed by atoms with Gasteiger partial charge in [-0.3, -0.25) is 4.79 Å². The topological polar surface area (TPSA) is 55.4 Å². The van der Waals surface area contributed by atoms with Gasteiger partial charge < -0.3 is 10.1 Å². The zero-order valence-corrected chi connectivity index (χ0v) is 18.2. The lowest BCUT2D eigenvalue weighted by Gasteiger charge is -2.36. The van der Waals surface area contributed by atoms with E-state index in [2.05, 4.69) is 26.1 Å². The first kappa shape index (κ1) is 21.5. The van der Waals surface area contributed by atoms with E-state index >= 15 is 0 Å². The molecule has 1 amide bonds.